The van der Waals surface area contributed by atoms with Crippen LogP contribution in [0.1, 0.15) is 59.3 Å². The van der Waals surface area contributed by atoms with Crippen LogP contribution in [-0.2, 0) is 14.3 Å². The highest BCUT2D eigenvalue weighted by Crippen LogP contribution is 2.38. The van der Waals surface area contributed by atoms with Gasteiger partial charge in [-0.2, -0.15) is 0 Å². The van der Waals surface area contributed by atoms with Gasteiger partial charge in [-0.05, 0) is 58.3 Å². The summed E-state index contributed by atoms with van der Waals surface area (Å²) < 4.78 is 11.2. The molecular weight excluding hydrogens is 328 g/mol. The van der Waals surface area contributed by atoms with Gasteiger partial charge in [0, 0.05) is 33.3 Å². The van der Waals surface area contributed by atoms with Gasteiger partial charge in [-0.15, -0.1) is 0 Å². The van der Waals surface area contributed by atoms with Crippen molar-refractivity contribution in [2.75, 3.05) is 39.9 Å². The standard InChI is InChI=1S/C21H38N2O3/c1-17(2)6-5-7-18(3)15-23-12-10-21(11-13-23)9-8-19(26-21)14-22-20(24)16-25-4/h6,18-19H,5,7-16H2,1-4H3,(H,22,24)/t18-,19-/m1/s1. The molecule has 0 bridgehead atoms. The molecule has 2 saturated heterocycles. The second kappa shape index (κ2) is 10.4. The molecule has 2 atom stereocenters. The van der Waals surface area contributed by atoms with Crippen LogP contribution in [0, 0.1) is 5.92 Å². The van der Waals surface area contributed by atoms with E-state index in [9.17, 15) is 4.79 Å². The molecule has 5 nitrogen and oxygen atoms in total. The van der Waals surface area contributed by atoms with Crippen LogP contribution in [0.25, 0.3) is 0 Å². The van der Waals surface area contributed by atoms with E-state index in [0.29, 0.717) is 6.54 Å². The van der Waals surface area contributed by atoms with E-state index in [2.05, 4.69) is 37.1 Å². The molecule has 2 heterocycles. The fourth-order valence-corrected chi connectivity index (χ4v) is 4.15. The highest BCUT2D eigenvalue weighted by Gasteiger charge is 2.42. The van der Waals surface area contributed by atoms with Crippen LogP contribution in [0.3, 0.4) is 0 Å². The number of amides is 1. The van der Waals surface area contributed by atoms with Crippen LogP contribution in [0.15, 0.2) is 11.6 Å². The van der Waals surface area contributed by atoms with E-state index < -0.39 is 0 Å². The Morgan fingerprint density at radius 2 is 2.08 bits per heavy atom. The predicted molar refractivity (Wildman–Crippen MR) is 105 cm³/mol. The maximum Gasteiger partial charge on any atom is 0.246 e. The van der Waals surface area contributed by atoms with Gasteiger partial charge in [-0.25, -0.2) is 0 Å². The van der Waals surface area contributed by atoms with Gasteiger partial charge in [0.2, 0.25) is 5.91 Å². The maximum absolute atomic E-state index is 11.5. The first kappa shape index (κ1) is 21.4. The first-order chi connectivity index (χ1) is 12.4. The zero-order valence-electron chi connectivity index (χ0n) is 17.2. The van der Waals surface area contributed by atoms with Crippen molar-refractivity contribution in [1.82, 2.24) is 10.2 Å². The summed E-state index contributed by atoms with van der Waals surface area (Å²) in [6, 6.07) is 0. The van der Waals surface area contributed by atoms with Gasteiger partial charge in [0.05, 0.1) is 11.7 Å². The van der Waals surface area contributed by atoms with E-state index in [1.807, 2.05) is 0 Å². The molecule has 2 fully saturated rings. The quantitative estimate of drug-likeness (QED) is 0.637. The van der Waals surface area contributed by atoms with Gasteiger partial charge in [-0.3, -0.25) is 4.79 Å². The average molecular weight is 367 g/mol. The van der Waals surface area contributed by atoms with Gasteiger partial charge >= 0.3 is 0 Å². The SMILES string of the molecule is COCC(=O)NC[C@H]1CCC2(CCN(C[C@H](C)CCC=C(C)C)CC2)O1. The van der Waals surface area contributed by atoms with Crippen LogP contribution in [-0.4, -0.2) is 62.4 Å². The van der Waals surface area contributed by atoms with Gasteiger partial charge in [-0.1, -0.05) is 18.6 Å². The number of carbonyl (C=O) groups excluding carboxylic acids is 1. The van der Waals surface area contributed by atoms with Gasteiger partial charge in [0.25, 0.3) is 0 Å². The number of piperidine rings is 1. The number of allylic oxidation sites excluding steroid dienone is 2. The Labute approximate surface area is 159 Å². The summed E-state index contributed by atoms with van der Waals surface area (Å²) in [4.78, 5) is 14.1. The van der Waals surface area contributed by atoms with Gasteiger partial charge in [0.1, 0.15) is 6.61 Å². The Morgan fingerprint density at radius 3 is 2.73 bits per heavy atom. The number of likely N-dealkylation sites (tertiary alicyclic amines) is 1. The molecule has 1 amide bonds. The molecule has 0 aliphatic carbocycles. The third-order valence-electron chi connectivity index (χ3n) is 5.69. The fourth-order valence-electron chi connectivity index (χ4n) is 4.15. The largest absolute Gasteiger partial charge is 0.375 e. The summed E-state index contributed by atoms with van der Waals surface area (Å²) in [7, 11) is 1.54. The molecule has 0 saturated carbocycles. The summed E-state index contributed by atoms with van der Waals surface area (Å²) in [6.07, 6.45) is 9.39. The molecule has 2 rings (SSSR count). The maximum atomic E-state index is 11.5. The van der Waals surface area contributed by atoms with E-state index in [-0.39, 0.29) is 24.2 Å². The highest BCUT2D eigenvalue weighted by atomic mass is 16.5. The summed E-state index contributed by atoms with van der Waals surface area (Å²) in [5.41, 5.74) is 1.47. The normalized spacial score (nSPS) is 23.8. The second-order valence-corrected chi connectivity index (χ2v) is 8.46. The van der Waals surface area contributed by atoms with Crippen LogP contribution in [0.4, 0.5) is 0 Å². The predicted octanol–water partition coefficient (Wildman–Crippen LogP) is 3.15. The highest BCUT2D eigenvalue weighted by molar-refractivity contribution is 5.77. The Bertz CT molecular complexity index is 466. The van der Waals surface area contributed by atoms with Crippen LogP contribution >= 0.6 is 0 Å². The summed E-state index contributed by atoms with van der Waals surface area (Å²) in [5, 5.41) is 2.91. The van der Waals surface area contributed by atoms with E-state index in [4.69, 9.17) is 9.47 Å². The van der Waals surface area contributed by atoms with Crippen molar-refractivity contribution in [2.45, 2.75) is 71.0 Å². The van der Waals surface area contributed by atoms with Crippen molar-refractivity contribution < 1.29 is 14.3 Å². The molecule has 2 aliphatic rings. The van der Waals surface area contributed by atoms with E-state index >= 15 is 0 Å². The molecule has 1 spiro atoms. The Balaban J connectivity index is 1.66. The molecule has 2 aliphatic heterocycles. The minimum atomic E-state index is -0.0611. The lowest BCUT2D eigenvalue weighted by molar-refractivity contribution is -0.126. The number of carbonyl (C=O) groups is 1. The smallest absolute Gasteiger partial charge is 0.246 e. The minimum absolute atomic E-state index is 0.0540. The van der Waals surface area contributed by atoms with Crippen LogP contribution < -0.4 is 5.32 Å². The van der Waals surface area contributed by atoms with Gasteiger partial charge < -0.3 is 19.7 Å². The third kappa shape index (κ3) is 7.01. The van der Waals surface area contributed by atoms with Crippen LogP contribution in [0.2, 0.25) is 0 Å². The van der Waals surface area contributed by atoms with E-state index in [1.54, 1.807) is 0 Å². The first-order valence-corrected chi connectivity index (χ1v) is 10.2. The topological polar surface area (TPSA) is 50.8 Å². The molecule has 26 heavy (non-hydrogen) atoms. The fraction of sp³-hybridized carbons (Fsp3) is 0.857. The zero-order valence-corrected chi connectivity index (χ0v) is 17.2. The monoisotopic (exact) mass is 366 g/mol. The lowest BCUT2D eigenvalue weighted by Crippen LogP contribution is -2.46. The molecule has 0 radical (unpaired) electrons. The molecule has 150 valence electrons. The molecule has 0 aromatic rings. The van der Waals surface area contributed by atoms with Crippen molar-refractivity contribution in [1.29, 1.82) is 0 Å². The van der Waals surface area contributed by atoms with Crippen molar-refractivity contribution in [3.05, 3.63) is 11.6 Å². The third-order valence-corrected chi connectivity index (χ3v) is 5.69. The Hall–Kier alpha value is -0.910. The van der Waals surface area contributed by atoms with Crippen molar-refractivity contribution >= 4 is 5.91 Å². The number of nitrogens with one attached hydrogen (secondary N) is 1. The van der Waals surface area contributed by atoms with E-state index in [1.165, 1.54) is 32.1 Å². The Morgan fingerprint density at radius 1 is 1.35 bits per heavy atom. The lowest BCUT2D eigenvalue weighted by atomic mass is 9.88. The first-order valence-electron chi connectivity index (χ1n) is 10.2. The number of ether oxygens (including phenoxy) is 2. The van der Waals surface area contributed by atoms with Crippen molar-refractivity contribution in [2.24, 2.45) is 5.92 Å². The van der Waals surface area contributed by atoms with Crippen LogP contribution in [0.5, 0.6) is 0 Å². The summed E-state index contributed by atoms with van der Waals surface area (Å²) >= 11 is 0. The van der Waals surface area contributed by atoms with Crippen molar-refractivity contribution in [3.8, 4) is 0 Å². The number of rotatable bonds is 9. The second-order valence-electron chi connectivity index (χ2n) is 8.46. The zero-order chi connectivity index (χ0) is 19.0. The molecular formula is C21H38N2O3. The lowest BCUT2D eigenvalue weighted by Gasteiger charge is -2.40. The Kier molecular flexibility index (Phi) is 8.58. The molecule has 0 aromatic heterocycles. The minimum Gasteiger partial charge on any atom is -0.375 e. The number of methoxy groups -OCH3 is 1. The summed E-state index contributed by atoms with van der Waals surface area (Å²) in [6.45, 7) is 10.9. The molecule has 0 unspecified atom stereocenters. The molecule has 1 N–H and O–H groups in total. The molecule has 5 heteroatoms. The average Bonchev–Trinajstić information content (AvgIpc) is 2.98. The summed E-state index contributed by atoms with van der Waals surface area (Å²) in [5.74, 6) is 0.682. The number of nitrogens with zero attached hydrogens (tertiary/aromatic N) is 1. The molecule has 0 aromatic carbocycles. The number of hydrogen-bond donors (Lipinski definition) is 1. The van der Waals surface area contributed by atoms with E-state index in [0.717, 1.165) is 44.7 Å². The van der Waals surface area contributed by atoms with Gasteiger partial charge in [0.15, 0.2) is 0 Å². The van der Waals surface area contributed by atoms with Crippen molar-refractivity contribution in [3.63, 3.8) is 0 Å². The number of hydrogen-bond acceptors (Lipinski definition) is 4.